The number of rotatable bonds is 6. The number of nitrogens with one attached hydrogen (secondary N) is 1. The molecule has 1 aliphatic rings. The third kappa shape index (κ3) is 5.33. The van der Waals surface area contributed by atoms with Gasteiger partial charge in [0.25, 0.3) is 0 Å². The van der Waals surface area contributed by atoms with E-state index in [0.717, 1.165) is 18.6 Å². The van der Waals surface area contributed by atoms with Gasteiger partial charge in [-0.2, -0.15) is 0 Å². The number of carbonyl (C=O) groups is 1. The molecule has 1 aromatic rings. The summed E-state index contributed by atoms with van der Waals surface area (Å²) in [7, 11) is 0. The maximum absolute atomic E-state index is 13.6. The van der Waals surface area contributed by atoms with Gasteiger partial charge in [0.2, 0.25) is 0 Å². The maximum Gasteiger partial charge on any atom is 0.317 e. The van der Waals surface area contributed by atoms with Crippen LogP contribution in [-0.2, 0) is 0 Å². The molecule has 2 N–H and O–H groups in total. The molecule has 2 amide bonds. The molecule has 0 spiro atoms. The molecule has 0 saturated carbocycles. The SMILES string of the molecule is CC(CCCO)NC(=O)N1CCC(Oc2ccc(F)cc2F)CC1. The molecule has 7 heteroatoms. The van der Waals surface area contributed by atoms with Crippen molar-refractivity contribution in [1.82, 2.24) is 10.2 Å². The normalized spacial score (nSPS) is 16.8. The Labute approximate surface area is 140 Å². The molecule has 1 aromatic carbocycles. The van der Waals surface area contributed by atoms with Gasteiger partial charge in [-0.3, -0.25) is 0 Å². The molecule has 1 atom stereocenters. The van der Waals surface area contributed by atoms with Crippen LogP contribution in [0.3, 0.4) is 0 Å². The largest absolute Gasteiger partial charge is 0.487 e. The first kappa shape index (κ1) is 18.4. The highest BCUT2D eigenvalue weighted by molar-refractivity contribution is 5.74. The third-order valence-electron chi connectivity index (χ3n) is 4.08. The first-order chi connectivity index (χ1) is 11.5. The number of amides is 2. The molecule has 1 fully saturated rings. The number of ether oxygens (including phenoxy) is 1. The highest BCUT2D eigenvalue weighted by Crippen LogP contribution is 2.23. The molecule has 1 unspecified atom stereocenters. The summed E-state index contributed by atoms with van der Waals surface area (Å²) in [6, 6.07) is 3.12. The fourth-order valence-corrected chi connectivity index (χ4v) is 2.70. The van der Waals surface area contributed by atoms with Crippen LogP contribution in [0.25, 0.3) is 0 Å². The first-order valence-corrected chi connectivity index (χ1v) is 8.27. The summed E-state index contributed by atoms with van der Waals surface area (Å²) >= 11 is 0. The summed E-state index contributed by atoms with van der Waals surface area (Å²) in [5.41, 5.74) is 0. The maximum atomic E-state index is 13.6. The van der Waals surface area contributed by atoms with Crippen LogP contribution in [0.15, 0.2) is 18.2 Å². The number of nitrogens with zero attached hydrogens (tertiary/aromatic N) is 1. The Morgan fingerprint density at radius 3 is 2.75 bits per heavy atom. The van der Waals surface area contributed by atoms with Crippen molar-refractivity contribution in [3.63, 3.8) is 0 Å². The van der Waals surface area contributed by atoms with E-state index in [1.54, 1.807) is 4.90 Å². The van der Waals surface area contributed by atoms with Gasteiger partial charge in [0.1, 0.15) is 11.9 Å². The van der Waals surface area contributed by atoms with Gasteiger partial charge in [0.15, 0.2) is 11.6 Å². The van der Waals surface area contributed by atoms with Crippen LogP contribution in [0.1, 0.15) is 32.6 Å². The van der Waals surface area contributed by atoms with E-state index < -0.39 is 11.6 Å². The quantitative estimate of drug-likeness (QED) is 0.835. The highest BCUT2D eigenvalue weighted by Gasteiger charge is 2.25. The van der Waals surface area contributed by atoms with Crippen LogP contribution >= 0.6 is 0 Å². The molecule has 1 heterocycles. The molecule has 0 aliphatic carbocycles. The Bertz CT molecular complexity index is 549. The minimum atomic E-state index is -0.715. The zero-order valence-electron chi connectivity index (χ0n) is 13.8. The van der Waals surface area contributed by atoms with E-state index in [0.29, 0.717) is 32.4 Å². The average Bonchev–Trinajstić information content (AvgIpc) is 2.56. The number of piperidine rings is 1. The predicted molar refractivity (Wildman–Crippen MR) is 85.9 cm³/mol. The highest BCUT2D eigenvalue weighted by atomic mass is 19.1. The smallest absolute Gasteiger partial charge is 0.317 e. The second-order valence-electron chi connectivity index (χ2n) is 6.10. The van der Waals surface area contributed by atoms with Crippen molar-refractivity contribution in [3.05, 3.63) is 29.8 Å². The third-order valence-corrected chi connectivity index (χ3v) is 4.08. The lowest BCUT2D eigenvalue weighted by Gasteiger charge is -2.33. The molecular weight excluding hydrogens is 318 g/mol. The van der Waals surface area contributed by atoms with Crippen molar-refractivity contribution in [2.24, 2.45) is 0 Å². The number of benzene rings is 1. The fourth-order valence-electron chi connectivity index (χ4n) is 2.70. The Hall–Kier alpha value is -1.89. The topological polar surface area (TPSA) is 61.8 Å². The van der Waals surface area contributed by atoms with Gasteiger partial charge in [-0.15, -0.1) is 0 Å². The number of hydrogen-bond acceptors (Lipinski definition) is 3. The molecule has 1 saturated heterocycles. The lowest BCUT2D eigenvalue weighted by molar-refractivity contribution is 0.106. The fraction of sp³-hybridized carbons (Fsp3) is 0.588. The summed E-state index contributed by atoms with van der Waals surface area (Å²) in [4.78, 5) is 13.8. The van der Waals surface area contributed by atoms with Gasteiger partial charge < -0.3 is 20.1 Å². The Morgan fingerprint density at radius 2 is 2.12 bits per heavy atom. The molecule has 0 bridgehead atoms. The van der Waals surface area contributed by atoms with Crippen molar-refractivity contribution < 1.29 is 23.4 Å². The van der Waals surface area contributed by atoms with Crippen LogP contribution in [-0.4, -0.2) is 47.9 Å². The number of urea groups is 1. The molecule has 0 aromatic heterocycles. The van der Waals surface area contributed by atoms with Crippen molar-refractivity contribution in [1.29, 1.82) is 0 Å². The molecule has 0 radical (unpaired) electrons. The van der Waals surface area contributed by atoms with E-state index in [-0.39, 0.29) is 30.5 Å². The number of aliphatic hydroxyl groups is 1. The lowest BCUT2D eigenvalue weighted by atomic mass is 10.1. The van der Waals surface area contributed by atoms with E-state index in [2.05, 4.69) is 5.32 Å². The van der Waals surface area contributed by atoms with Gasteiger partial charge in [-0.25, -0.2) is 13.6 Å². The summed E-state index contributed by atoms with van der Waals surface area (Å²) in [5.74, 6) is -1.31. The number of likely N-dealkylation sites (tertiary alicyclic amines) is 1. The molecule has 2 rings (SSSR count). The molecule has 134 valence electrons. The van der Waals surface area contributed by atoms with Gasteiger partial charge in [0.05, 0.1) is 0 Å². The molecular formula is C17H24F2N2O3. The van der Waals surface area contributed by atoms with Crippen LogP contribution in [0.4, 0.5) is 13.6 Å². The average molecular weight is 342 g/mol. The van der Waals surface area contributed by atoms with E-state index in [9.17, 15) is 13.6 Å². The van der Waals surface area contributed by atoms with Crippen molar-refractivity contribution in [2.75, 3.05) is 19.7 Å². The molecule has 24 heavy (non-hydrogen) atoms. The standard InChI is InChI=1S/C17H24F2N2O3/c1-12(3-2-10-22)20-17(23)21-8-6-14(7-9-21)24-16-5-4-13(18)11-15(16)19/h4-5,11-12,14,22H,2-3,6-10H2,1H3,(H,20,23). The zero-order chi connectivity index (χ0) is 17.5. The van der Waals surface area contributed by atoms with Crippen LogP contribution in [0.5, 0.6) is 5.75 Å². The van der Waals surface area contributed by atoms with Gasteiger partial charge in [-0.1, -0.05) is 0 Å². The summed E-state index contributed by atoms with van der Waals surface area (Å²) < 4.78 is 32.1. The second kappa shape index (κ2) is 8.82. The molecule has 5 nitrogen and oxygen atoms in total. The van der Waals surface area contributed by atoms with Gasteiger partial charge in [0, 0.05) is 44.6 Å². The predicted octanol–water partition coefficient (Wildman–Crippen LogP) is 2.68. The van der Waals surface area contributed by atoms with E-state index >= 15 is 0 Å². The Balaban J connectivity index is 1.77. The second-order valence-corrected chi connectivity index (χ2v) is 6.10. The summed E-state index contributed by atoms with van der Waals surface area (Å²) in [6.45, 7) is 3.06. The number of hydrogen-bond donors (Lipinski definition) is 2. The van der Waals surface area contributed by atoms with Gasteiger partial charge in [-0.05, 0) is 31.9 Å². The molecule has 1 aliphatic heterocycles. The van der Waals surface area contributed by atoms with Crippen LogP contribution < -0.4 is 10.1 Å². The van der Waals surface area contributed by atoms with Crippen molar-refractivity contribution in [3.8, 4) is 5.75 Å². The number of aliphatic hydroxyl groups excluding tert-OH is 1. The van der Waals surface area contributed by atoms with E-state index in [1.165, 1.54) is 6.07 Å². The van der Waals surface area contributed by atoms with Crippen LogP contribution in [0.2, 0.25) is 0 Å². The minimum Gasteiger partial charge on any atom is -0.487 e. The zero-order valence-corrected chi connectivity index (χ0v) is 13.8. The van der Waals surface area contributed by atoms with Crippen LogP contribution in [0, 0.1) is 11.6 Å². The lowest BCUT2D eigenvalue weighted by Crippen LogP contribution is -2.48. The Kier molecular flexibility index (Phi) is 6.78. The van der Waals surface area contributed by atoms with Crippen molar-refractivity contribution >= 4 is 6.03 Å². The van der Waals surface area contributed by atoms with Crippen molar-refractivity contribution in [2.45, 2.75) is 44.8 Å². The van der Waals surface area contributed by atoms with Gasteiger partial charge >= 0.3 is 6.03 Å². The number of halogens is 2. The van der Waals surface area contributed by atoms with E-state index in [4.69, 9.17) is 9.84 Å². The number of carbonyl (C=O) groups excluding carboxylic acids is 1. The summed E-state index contributed by atoms with van der Waals surface area (Å²) in [5, 5.41) is 11.7. The monoisotopic (exact) mass is 342 g/mol. The Morgan fingerprint density at radius 1 is 1.42 bits per heavy atom. The first-order valence-electron chi connectivity index (χ1n) is 8.27. The minimum absolute atomic E-state index is 0.00642. The van der Waals surface area contributed by atoms with E-state index in [1.807, 2.05) is 6.92 Å². The summed E-state index contributed by atoms with van der Waals surface area (Å²) in [6.07, 6.45) is 2.37.